The summed E-state index contributed by atoms with van der Waals surface area (Å²) in [5, 5.41) is 6.04. The molecule has 0 aromatic heterocycles. The van der Waals surface area contributed by atoms with E-state index in [1.165, 1.54) is 18.6 Å². The number of amides is 2. The van der Waals surface area contributed by atoms with Crippen molar-refractivity contribution >= 4 is 6.03 Å². The lowest BCUT2D eigenvalue weighted by Crippen LogP contribution is -2.49. The first-order chi connectivity index (χ1) is 14.9. The normalized spacial score (nSPS) is 17.9. The molecule has 1 aliphatic rings. The summed E-state index contributed by atoms with van der Waals surface area (Å²) in [6.07, 6.45) is 3.09. The van der Waals surface area contributed by atoms with E-state index in [1.807, 2.05) is 24.3 Å². The van der Waals surface area contributed by atoms with E-state index in [2.05, 4.69) is 36.3 Å². The number of nitrogens with one attached hydrogen (secondary N) is 2. The highest BCUT2D eigenvalue weighted by Gasteiger charge is 2.28. The van der Waals surface area contributed by atoms with Gasteiger partial charge >= 0.3 is 6.03 Å². The van der Waals surface area contributed by atoms with Crippen LogP contribution in [-0.4, -0.2) is 30.1 Å². The summed E-state index contributed by atoms with van der Waals surface area (Å²) in [4.78, 5) is 15.0. The molecular formula is C25H34FN3O2. The third-order valence-corrected chi connectivity index (χ3v) is 5.60. The van der Waals surface area contributed by atoms with Crippen LogP contribution in [-0.2, 0) is 6.54 Å². The second-order valence-electron chi connectivity index (χ2n) is 8.71. The van der Waals surface area contributed by atoms with Crippen LogP contribution >= 0.6 is 0 Å². The Morgan fingerprint density at radius 3 is 2.48 bits per heavy atom. The highest BCUT2D eigenvalue weighted by molar-refractivity contribution is 5.74. The highest BCUT2D eigenvalue weighted by Crippen LogP contribution is 2.27. The first-order valence-electron chi connectivity index (χ1n) is 11.2. The molecule has 31 heavy (non-hydrogen) atoms. The van der Waals surface area contributed by atoms with Crippen molar-refractivity contribution in [3.63, 3.8) is 0 Å². The second-order valence-corrected chi connectivity index (χ2v) is 8.71. The summed E-state index contributed by atoms with van der Waals surface area (Å²) >= 11 is 0. The number of piperidine rings is 1. The van der Waals surface area contributed by atoms with E-state index >= 15 is 0 Å². The van der Waals surface area contributed by atoms with Gasteiger partial charge in [-0.2, -0.15) is 0 Å². The zero-order chi connectivity index (χ0) is 22.2. The largest absolute Gasteiger partial charge is 0.493 e. The summed E-state index contributed by atoms with van der Waals surface area (Å²) in [6, 6.07) is 14.3. The standard InChI is InChI=1S/C25H34FN3O2/c1-18(2)17-31-23-13-7-20(8-14-23)16-27-25(30)28-24(21-9-11-22(26)12-10-21)29-15-5-4-6-19(29)3/h7-14,18-19,24H,4-6,15-17H2,1-3H3,(H2,27,28,30). The van der Waals surface area contributed by atoms with Crippen LogP contribution in [0.4, 0.5) is 9.18 Å². The first-order valence-corrected chi connectivity index (χ1v) is 11.2. The lowest BCUT2D eigenvalue weighted by atomic mass is 10.0. The average Bonchev–Trinajstić information content (AvgIpc) is 2.76. The van der Waals surface area contributed by atoms with Gasteiger partial charge in [-0.1, -0.05) is 44.5 Å². The molecule has 2 amide bonds. The molecule has 2 aromatic rings. The lowest BCUT2D eigenvalue weighted by molar-refractivity contribution is 0.0892. The van der Waals surface area contributed by atoms with Gasteiger partial charge in [0.15, 0.2) is 0 Å². The molecule has 0 bridgehead atoms. The number of likely N-dealkylation sites (tertiary alicyclic amines) is 1. The maximum atomic E-state index is 13.4. The first kappa shape index (κ1) is 23.1. The number of hydrogen-bond donors (Lipinski definition) is 2. The summed E-state index contributed by atoms with van der Waals surface area (Å²) in [5.74, 6) is 1.03. The van der Waals surface area contributed by atoms with Crippen molar-refractivity contribution in [2.75, 3.05) is 13.2 Å². The van der Waals surface area contributed by atoms with Gasteiger partial charge in [0.1, 0.15) is 17.7 Å². The second kappa shape index (κ2) is 11.1. The van der Waals surface area contributed by atoms with Crippen LogP contribution in [0.25, 0.3) is 0 Å². The van der Waals surface area contributed by atoms with Crippen LogP contribution in [0.3, 0.4) is 0 Å². The summed E-state index contributed by atoms with van der Waals surface area (Å²) in [5.41, 5.74) is 1.88. The van der Waals surface area contributed by atoms with Gasteiger partial charge in [-0.05, 0) is 61.1 Å². The van der Waals surface area contributed by atoms with Gasteiger partial charge in [-0.25, -0.2) is 9.18 Å². The third-order valence-electron chi connectivity index (χ3n) is 5.60. The molecule has 2 N–H and O–H groups in total. The fourth-order valence-electron chi connectivity index (χ4n) is 3.83. The summed E-state index contributed by atoms with van der Waals surface area (Å²) in [7, 11) is 0. The molecule has 1 aliphatic heterocycles. The van der Waals surface area contributed by atoms with Gasteiger partial charge in [-0.3, -0.25) is 4.90 Å². The van der Waals surface area contributed by atoms with Crippen LogP contribution in [0.5, 0.6) is 5.75 Å². The van der Waals surface area contributed by atoms with E-state index in [-0.39, 0.29) is 18.0 Å². The predicted octanol–water partition coefficient (Wildman–Crippen LogP) is 5.23. The van der Waals surface area contributed by atoms with Gasteiger partial charge in [0, 0.05) is 19.1 Å². The van der Waals surface area contributed by atoms with E-state index in [0.717, 1.165) is 36.3 Å². The van der Waals surface area contributed by atoms with Crippen LogP contribution in [0.15, 0.2) is 48.5 Å². The molecule has 6 heteroatoms. The van der Waals surface area contributed by atoms with Crippen molar-refractivity contribution < 1.29 is 13.9 Å². The minimum atomic E-state index is -0.289. The molecule has 2 aromatic carbocycles. The molecule has 3 rings (SSSR count). The predicted molar refractivity (Wildman–Crippen MR) is 121 cm³/mol. The Labute approximate surface area is 185 Å². The van der Waals surface area contributed by atoms with E-state index in [4.69, 9.17) is 4.74 Å². The Balaban J connectivity index is 1.60. The number of nitrogens with zero attached hydrogens (tertiary/aromatic N) is 1. The number of carbonyl (C=O) groups is 1. The molecule has 1 heterocycles. The van der Waals surface area contributed by atoms with Crippen molar-refractivity contribution in [1.82, 2.24) is 15.5 Å². The van der Waals surface area contributed by atoms with Crippen LogP contribution in [0.1, 0.15) is 57.3 Å². The SMILES string of the molecule is CC(C)COc1ccc(CNC(=O)NC(c2ccc(F)cc2)N2CCCCC2C)cc1. The van der Waals surface area contributed by atoms with E-state index in [1.54, 1.807) is 12.1 Å². The zero-order valence-corrected chi connectivity index (χ0v) is 18.7. The maximum absolute atomic E-state index is 13.4. The van der Waals surface area contributed by atoms with Crippen molar-refractivity contribution in [3.05, 3.63) is 65.5 Å². The Hall–Kier alpha value is -2.60. The minimum absolute atomic E-state index is 0.243. The number of benzene rings is 2. The molecule has 0 spiro atoms. The van der Waals surface area contributed by atoms with Gasteiger partial charge in [0.05, 0.1) is 6.61 Å². The van der Waals surface area contributed by atoms with Crippen LogP contribution in [0.2, 0.25) is 0 Å². The Morgan fingerprint density at radius 1 is 1.13 bits per heavy atom. The van der Waals surface area contributed by atoms with Crippen molar-refractivity contribution in [1.29, 1.82) is 0 Å². The van der Waals surface area contributed by atoms with Crippen molar-refractivity contribution in [2.24, 2.45) is 5.92 Å². The molecule has 0 saturated carbocycles. The number of carbonyl (C=O) groups excluding carboxylic acids is 1. The number of halogens is 1. The lowest BCUT2D eigenvalue weighted by Gasteiger charge is -2.40. The van der Waals surface area contributed by atoms with Gasteiger partial charge in [0.2, 0.25) is 0 Å². The zero-order valence-electron chi connectivity index (χ0n) is 18.7. The Kier molecular flexibility index (Phi) is 8.29. The molecule has 0 radical (unpaired) electrons. The maximum Gasteiger partial charge on any atom is 0.316 e. The highest BCUT2D eigenvalue weighted by atomic mass is 19.1. The average molecular weight is 428 g/mol. The smallest absolute Gasteiger partial charge is 0.316 e. The molecule has 5 nitrogen and oxygen atoms in total. The quantitative estimate of drug-likeness (QED) is 0.606. The monoisotopic (exact) mass is 427 g/mol. The van der Waals surface area contributed by atoms with Gasteiger partial charge in [-0.15, -0.1) is 0 Å². The van der Waals surface area contributed by atoms with Crippen molar-refractivity contribution in [2.45, 2.75) is 58.8 Å². The number of ether oxygens (including phenoxy) is 1. The Morgan fingerprint density at radius 2 is 1.84 bits per heavy atom. The number of rotatable bonds is 8. The Bertz CT molecular complexity index is 824. The van der Waals surface area contributed by atoms with Crippen LogP contribution < -0.4 is 15.4 Å². The molecular weight excluding hydrogens is 393 g/mol. The van der Waals surface area contributed by atoms with Crippen LogP contribution in [0, 0.1) is 11.7 Å². The van der Waals surface area contributed by atoms with E-state index in [0.29, 0.717) is 25.1 Å². The topological polar surface area (TPSA) is 53.6 Å². The summed E-state index contributed by atoms with van der Waals surface area (Å²) in [6.45, 7) is 8.41. The fraction of sp³-hybridized carbons (Fsp3) is 0.480. The van der Waals surface area contributed by atoms with E-state index in [9.17, 15) is 9.18 Å². The van der Waals surface area contributed by atoms with Gasteiger partial charge < -0.3 is 15.4 Å². The number of urea groups is 1. The fourth-order valence-corrected chi connectivity index (χ4v) is 3.83. The number of hydrogen-bond acceptors (Lipinski definition) is 3. The molecule has 2 unspecified atom stereocenters. The molecule has 1 saturated heterocycles. The van der Waals surface area contributed by atoms with E-state index < -0.39 is 0 Å². The third kappa shape index (κ3) is 6.96. The molecule has 168 valence electrons. The molecule has 2 atom stereocenters. The van der Waals surface area contributed by atoms with Crippen molar-refractivity contribution in [3.8, 4) is 5.75 Å². The molecule has 0 aliphatic carbocycles. The molecule has 1 fully saturated rings. The minimum Gasteiger partial charge on any atom is -0.493 e. The summed E-state index contributed by atoms with van der Waals surface area (Å²) < 4.78 is 19.1. The van der Waals surface area contributed by atoms with Gasteiger partial charge in [0.25, 0.3) is 0 Å².